The number of hydrogen-bond acceptors (Lipinski definition) is 3. The summed E-state index contributed by atoms with van der Waals surface area (Å²) in [5.74, 6) is 0.0346. The van der Waals surface area contributed by atoms with Gasteiger partial charge in [0.05, 0.1) is 0 Å². The SMILES string of the molecule is CCOC(C)C(=O)N(C)CCCn1cccn1. The zero-order valence-electron chi connectivity index (χ0n) is 10.8. The number of aryl methyl sites for hydroxylation is 1. The number of likely N-dealkylation sites (N-methyl/N-ethyl adjacent to an activating group) is 1. The lowest BCUT2D eigenvalue weighted by atomic mass is 10.3. The molecule has 1 heterocycles. The molecule has 0 aliphatic carbocycles. The first-order chi connectivity index (χ1) is 8.15. The third kappa shape index (κ3) is 4.56. The van der Waals surface area contributed by atoms with E-state index < -0.39 is 0 Å². The average Bonchev–Trinajstić information content (AvgIpc) is 2.81. The lowest BCUT2D eigenvalue weighted by Crippen LogP contribution is -2.37. The second-order valence-electron chi connectivity index (χ2n) is 3.98. The van der Waals surface area contributed by atoms with Crippen LogP contribution in [0.3, 0.4) is 0 Å². The third-order valence-electron chi connectivity index (χ3n) is 2.58. The minimum Gasteiger partial charge on any atom is -0.369 e. The fraction of sp³-hybridized carbons (Fsp3) is 0.667. The minimum absolute atomic E-state index is 0.0346. The third-order valence-corrected chi connectivity index (χ3v) is 2.58. The fourth-order valence-electron chi connectivity index (χ4n) is 1.64. The number of amides is 1. The van der Waals surface area contributed by atoms with Gasteiger partial charge in [-0.3, -0.25) is 9.48 Å². The van der Waals surface area contributed by atoms with Gasteiger partial charge in [-0.1, -0.05) is 0 Å². The second kappa shape index (κ2) is 7.06. The number of aromatic nitrogens is 2. The lowest BCUT2D eigenvalue weighted by molar-refractivity contribution is -0.141. The van der Waals surface area contributed by atoms with Crippen LogP contribution in [0.2, 0.25) is 0 Å². The van der Waals surface area contributed by atoms with Crippen LogP contribution in [-0.2, 0) is 16.1 Å². The van der Waals surface area contributed by atoms with Gasteiger partial charge in [-0.05, 0) is 26.3 Å². The van der Waals surface area contributed by atoms with Crippen molar-refractivity contribution in [3.63, 3.8) is 0 Å². The quantitative estimate of drug-likeness (QED) is 0.717. The van der Waals surface area contributed by atoms with Crippen molar-refractivity contribution in [3.05, 3.63) is 18.5 Å². The van der Waals surface area contributed by atoms with Gasteiger partial charge in [0.25, 0.3) is 5.91 Å². The molecule has 1 aromatic rings. The smallest absolute Gasteiger partial charge is 0.251 e. The number of carbonyl (C=O) groups is 1. The van der Waals surface area contributed by atoms with Crippen LogP contribution in [-0.4, -0.2) is 46.9 Å². The maximum absolute atomic E-state index is 11.8. The van der Waals surface area contributed by atoms with E-state index in [0.717, 1.165) is 19.5 Å². The predicted octanol–water partition coefficient (Wildman–Crippen LogP) is 1.16. The maximum atomic E-state index is 11.8. The first-order valence-electron chi connectivity index (χ1n) is 5.99. The van der Waals surface area contributed by atoms with Crippen LogP contribution in [0.25, 0.3) is 0 Å². The Bertz CT molecular complexity index is 325. The molecule has 1 aromatic heterocycles. The summed E-state index contributed by atoms with van der Waals surface area (Å²) < 4.78 is 7.13. The van der Waals surface area contributed by atoms with Gasteiger partial charge in [0, 0.05) is 39.1 Å². The summed E-state index contributed by atoms with van der Waals surface area (Å²) in [5.41, 5.74) is 0. The van der Waals surface area contributed by atoms with E-state index in [-0.39, 0.29) is 12.0 Å². The van der Waals surface area contributed by atoms with Crippen molar-refractivity contribution in [2.24, 2.45) is 0 Å². The van der Waals surface area contributed by atoms with E-state index in [4.69, 9.17) is 4.74 Å². The fourth-order valence-corrected chi connectivity index (χ4v) is 1.64. The molecule has 0 aliphatic heterocycles. The standard InChI is InChI=1S/C12H21N3O2/c1-4-17-11(2)12(16)14(3)8-6-10-15-9-5-7-13-15/h5,7,9,11H,4,6,8,10H2,1-3H3. The molecular formula is C12H21N3O2. The maximum Gasteiger partial charge on any atom is 0.251 e. The Balaban J connectivity index is 2.24. The highest BCUT2D eigenvalue weighted by Gasteiger charge is 2.16. The monoisotopic (exact) mass is 239 g/mol. The molecule has 0 saturated carbocycles. The van der Waals surface area contributed by atoms with E-state index >= 15 is 0 Å². The molecule has 96 valence electrons. The highest BCUT2D eigenvalue weighted by atomic mass is 16.5. The summed E-state index contributed by atoms with van der Waals surface area (Å²) in [6, 6.07) is 1.89. The predicted molar refractivity (Wildman–Crippen MR) is 65.6 cm³/mol. The molecule has 1 atom stereocenters. The van der Waals surface area contributed by atoms with Crippen molar-refractivity contribution in [2.75, 3.05) is 20.2 Å². The first kappa shape index (κ1) is 13.7. The highest BCUT2D eigenvalue weighted by Crippen LogP contribution is 1.99. The molecule has 0 aliphatic rings. The molecule has 1 unspecified atom stereocenters. The number of ether oxygens (including phenoxy) is 1. The van der Waals surface area contributed by atoms with Gasteiger partial charge in [0.1, 0.15) is 6.10 Å². The molecular weight excluding hydrogens is 218 g/mol. The summed E-state index contributed by atoms with van der Waals surface area (Å²) in [5, 5.41) is 4.11. The topological polar surface area (TPSA) is 47.4 Å². The summed E-state index contributed by atoms with van der Waals surface area (Å²) in [6.45, 7) is 5.79. The first-order valence-corrected chi connectivity index (χ1v) is 5.99. The Hall–Kier alpha value is -1.36. The van der Waals surface area contributed by atoms with E-state index in [2.05, 4.69) is 5.10 Å². The van der Waals surface area contributed by atoms with Crippen molar-refractivity contribution in [2.45, 2.75) is 32.9 Å². The summed E-state index contributed by atoms with van der Waals surface area (Å²) in [4.78, 5) is 13.5. The molecule has 0 aromatic carbocycles. The number of nitrogens with zero attached hydrogens (tertiary/aromatic N) is 3. The molecule has 5 nitrogen and oxygen atoms in total. The highest BCUT2D eigenvalue weighted by molar-refractivity contribution is 5.80. The van der Waals surface area contributed by atoms with E-state index in [9.17, 15) is 4.79 Å². The van der Waals surface area contributed by atoms with Crippen LogP contribution < -0.4 is 0 Å². The number of rotatable bonds is 7. The van der Waals surface area contributed by atoms with Gasteiger partial charge < -0.3 is 9.64 Å². The molecule has 1 rings (SSSR count). The van der Waals surface area contributed by atoms with Crippen LogP contribution in [0.15, 0.2) is 18.5 Å². The summed E-state index contributed by atoms with van der Waals surface area (Å²) in [7, 11) is 1.81. The van der Waals surface area contributed by atoms with Crippen molar-refractivity contribution in [1.29, 1.82) is 0 Å². The summed E-state index contributed by atoms with van der Waals surface area (Å²) in [6.07, 6.45) is 4.22. The molecule has 1 amide bonds. The molecule has 0 saturated heterocycles. The Morgan fingerprint density at radius 3 is 2.94 bits per heavy atom. The van der Waals surface area contributed by atoms with Crippen LogP contribution >= 0.6 is 0 Å². The molecule has 17 heavy (non-hydrogen) atoms. The van der Waals surface area contributed by atoms with Gasteiger partial charge in [0.15, 0.2) is 0 Å². The van der Waals surface area contributed by atoms with Crippen molar-refractivity contribution < 1.29 is 9.53 Å². The van der Waals surface area contributed by atoms with Crippen LogP contribution in [0, 0.1) is 0 Å². The summed E-state index contributed by atoms with van der Waals surface area (Å²) >= 11 is 0. The van der Waals surface area contributed by atoms with Gasteiger partial charge in [0.2, 0.25) is 0 Å². The molecule has 0 bridgehead atoms. The average molecular weight is 239 g/mol. The molecule has 0 fully saturated rings. The molecule has 5 heteroatoms. The van der Waals surface area contributed by atoms with E-state index in [1.54, 1.807) is 25.1 Å². The molecule has 0 N–H and O–H groups in total. The molecule has 0 spiro atoms. The Morgan fingerprint density at radius 2 is 2.35 bits per heavy atom. The van der Waals surface area contributed by atoms with E-state index in [1.807, 2.05) is 23.9 Å². The number of carbonyl (C=O) groups excluding carboxylic acids is 1. The Morgan fingerprint density at radius 1 is 1.59 bits per heavy atom. The van der Waals surface area contributed by atoms with Gasteiger partial charge >= 0.3 is 0 Å². The zero-order valence-corrected chi connectivity index (χ0v) is 10.8. The van der Waals surface area contributed by atoms with Crippen molar-refractivity contribution >= 4 is 5.91 Å². The molecule has 0 radical (unpaired) electrons. The van der Waals surface area contributed by atoms with Gasteiger partial charge in [-0.15, -0.1) is 0 Å². The van der Waals surface area contributed by atoms with Crippen LogP contribution in [0.1, 0.15) is 20.3 Å². The van der Waals surface area contributed by atoms with Crippen molar-refractivity contribution in [1.82, 2.24) is 14.7 Å². The Kier molecular flexibility index (Phi) is 5.69. The van der Waals surface area contributed by atoms with Crippen molar-refractivity contribution in [3.8, 4) is 0 Å². The van der Waals surface area contributed by atoms with Gasteiger partial charge in [-0.25, -0.2) is 0 Å². The van der Waals surface area contributed by atoms with E-state index in [0.29, 0.717) is 6.61 Å². The van der Waals surface area contributed by atoms with E-state index in [1.165, 1.54) is 0 Å². The normalized spacial score (nSPS) is 12.4. The zero-order chi connectivity index (χ0) is 12.7. The lowest BCUT2D eigenvalue weighted by Gasteiger charge is -2.21. The number of hydrogen-bond donors (Lipinski definition) is 0. The second-order valence-corrected chi connectivity index (χ2v) is 3.98. The van der Waals surface area contributed by atoms with Crippen LogP contribution in [0.5, 0.6) is 0 Å². The Labute approximate surface area is 102 Å². The van der Waals surface area contributed by atoms with Gasteiger partial charge in [-0.2, -0.15) is 5.10 Å². The van der Waals surface area contributed by atoms with Crippen LogP contribution in [0.4, 0.5) is 0 Å². The minimum atomic E-state index is -0.352. The largest absolute Gasteiger partial charge is 0.369 e.